The van der Waals surface area contributed by atoms with Crippen LogP contribution in [0.3, 0.4) is 0 Å². The highest BCUT2D eigenvalue weighted by Crippen LogP contribution is 2.10. The van der Waals surface area contributed by atoms with Gasteiger partial charge in [0.2, 0.25) is 0 Å². The van der Waals surface area contributed by atoms with Gasteiger partial charge in [-0.1, -0.05) is 11.5 Å². The van der Waals surface area contributed by atoms with Crippen molar-refractivity contribution in [2.75, 3.05) is 26.3 Å². The van der Waals surface area contributed by atoms with E-state index in [1.807, 2.05) is 0 Å². The number of aromatic nitrogens is 2. The monoisotopic (exact) mass is 253 g/mol. The van der Waals surface area contributed by atoms with E-state index in [1.54, 1.807) is 23.1 Å². The van der Waals surface area contributed by atoms with Crippen LogP contribution in [0.4, 0.5) is 0 Å². The van der Waals surface area contributed by atoms with Gasteiger partial charge in [0.1, 0.15) is 13.5 Å². The van der Waals surface area contributed by atoms with Crippen molar-refractivity contribution in [1.82, 2.24) is 14.9 Å². The molecule has 0 spiro atoms. The number of rotatable bonds is 1. The van der Waals surface area contributed by atoms with Crippen molar-refractivity contribution in [2.24, 2.45) is 0 Å². The Labute approximate surface area is 112 Å². The van der Waals surface area contributed by atoms with Gasteiger partial charge < -0.3 is 9.64 Å². The molecule has 1 amide bonds. The van der Waals surface area contributed by atoms with E-state index in [9.17, 15) is 4.79 Å². The molecule has 0 unspecified atom stereocenters. The molecule has 0 saturated carbocycles. The Morgan fingerprint density at radius 1 is 1.26 bits per heavy atom. The van der Waals surface area contributed by atoms with Gasteiger partial charge in [0.05, 0.1) is 30.4 Å². The number of ether oxygens (including phenoxy) is 1. The smallest absolute Gasteiger partial charge is 0.274 e. The Kier molecular flexibility index (Phi) is 3.17. The van der Waals surface area contributed by atoms with Gasteiger partial charge >= 0.3 is 0 Å². The zero-order valence-corrected chi connectivity index (χ0v) is 10.4. The molecule has 6 heteroatoms. The molecule has 1 fully saturated rings. The summed E-state index contributed by atoms with van der Waals surface area (Å²) in [5.41, 5.74) is 2.36. The number of amides is 1. The molecule has 94 valence electrons. The first-order chi connectivity index (χ1) is 9.24. The van der Waals surface area contributed by atoms with Crippen LogP contribution in [0.1, 0.15) is 10.5 Å². The Hall–Kier alpha value is -1.95. The summed E-state index contributed by atoms with van der Waals surface area (Å²) in [6.07, 6.45) is 1.50. The van der Waals surface area contributed by atoms with E-state index < -0.39 is 0 Å². The standard InChI is InChI=1S/C13H12BN3O2/c14-9-1-2-10-11(7-9)15-8-12(16-10)13(18)17-3-5-19-6-4-17/h1-2,7-8H,3-6H2. The van der Waals surface area contributed by atoms with Crippen LogP contribution in [-0.2, 0) is 4.74 Å². The fourth-order valence-corrected chi connectivity index (χ4v) is 2.06. The molecule has 1 aliphatic rings. The number of nitrogens with zero attached hydrogens (tertiary/aromatic N) is 3. The summed E-state index contributed by atoms with van der Waals surface area (Å²) < 4.78 is 5.23. The lowest BCUT2D eigenvalue weighted by Crippen LogP contribution is -2.41. The lowest BCUT2D eigenvalue weighted by Gasteiger charge is -2.26. The van der Waals surface area contributed by atoms with Crippen molar-refractivity contribution in [2.45, 2.75) is 0 Å². The third-order valence-corrected chi connectivity index (χ3v) is 3.08. The third kappa shape index (κ3) is 2.44. The number of benzene rings is 1. The molecule has 19 heavy (non-hydrogen) atoms. The Morgan fingerprint density at radius 3 is 2.84 bits per heavy atom. The van der Waals surface area contributed by atoms with E-state index in [1.165, 1.54) is 6.20 Å². The fourth-order valence-electron chi connectivity index (χ4n) is 2.06. The molecule has 1 aromatic heterocycles. The van der Waals surface area contributed by atoms with Gasteiger partial charge in [-0.2, -0.15) is 0 Å². The van der Waals surface area contributed by atoms with Crippen LogP contribution in [0.5, 0.6) is 0 Å². The maximum Gasteiger partial charge on any atom is 0.274 e. The first kappa shape index (κ1) is 12.1. The maximum absolute atomic E-state index is 12.3. The Balaban J connectivity index is 1.92. The molecule has 1 saturated heterocycles. The van der Waals surface area contributed by atoms with Gasteiger partial charge in [0, 0.05) is 13.1 Å². The van der Waals surface area contributed by atoms with Crippen LogP contribution in [0, 0.1) is 0 Å². The second kappa shape index (κ2) is 4.97. The van der Waals surface area contributed by atoms with Gasteiger partial charge in [0.25, 0.3) is 5.91 Å². The van der Waals surface area contributed by atoms with Gasteiger partial charge in [-0.25, -0.2) is 4.98 Å². The van der Waals surface area contributed by atoms with Crippen LogP contribution < -0.4 is 5.46 Å². The van der Waals surface area contributed by atoms with E-state index in [0.29, 0.717) is 48.5 Å². The molecular formula is C13H12BN3O2. The second-order valence-corrected chi connectivity index (χ2v) is 4.41. The minimum atomic E-state index is -0.102. The Morgan fingerprint density at radius 2 is 2.05 bits per heavy atom. The van der Waals surface area contributed by atoms with Gasteiger partial charge in [-0.05, 0) is 12.1 Å². The highest BCUT2D eigenvalue weighted by Gasteiger charge is 2.20. The summed E-state index contributed by atoms with van der Waals surface area (Å²) in [5.74, 6) is -0.102. The first-order valence-electron chi connectivity index (χ1n) is 6.13. The lowest BCUT2D eigenvalue weighted by atomic mass is 9.96. The number of carbonyl (C=O) groups is 1. The summed E-state index contributed by atoms with van der Waals surface area (Å²) in [4.78, 5) is 22.6. The summed E-state index contributed by atoms with van der Waals surface area (Å²) in [5, 5.41) is 0. The van der Waals surface area contributed by atoms with Crippen molar-refractivity contribution in [3.05, 3.63) is 30.1 Å². The number of fused-ring (bicyclic) bond motifs is 1. The predicted molar refractivity (Wildman–Crippen MR) is 71.6 cm³/mol. The van der Waals surface area contributed by atoms with E-state index in [4.69, 9.17) is 12.6 Å². The van der Waals surface area contributed by atoms with Gasteiger partial charge in [-0.15, -0.1) is 0 Å². The summed E-state index contributed by atoms with van der Waals surface area (Å²) >= 11 is 0. The van der Waals surface area contributed by atoms with Crippen LogP contribution in [0.15, 0.2) is 24.4 Å². The van der Waals surface area contributed by atoms with E-state index in [-0.39, 0.29) is 5.91 Å². The van der Waals surface area contributed by atoms with Crippen molar-refractivity contribution >= 4 is 30.2 Å². The van der Waals surface area contributed by atoms with E-state index >= 15 is 0 Å². The predicted octanol–water partition coefficient (Wildman–Crippen LogP) is -0.104. The van der Waals surface area contributed by atoms with Crippen molar-refractivity contribution in [3.8, 4) is 0 Å². The highest BCUT2D eigenvalue weighted by molar-refractivity contribution is 6.33. The number of morpholine rings is 1. The molecule has 5 nitrogen and oxygen atoms in total. The van der Waals surface area contributed by atoms with Crippen LogP contribution in [-0.4, -0.2) is 54.9 Å². The Bertz CT molecular complexity index is 626. The molecule has 0 aliphatic carbocycles. The quantitative estimate of drug-likeness (QED) is 0.666. The summed E-state index contributed by atoms with van der Waals surface area (Å²) in [6.45, 7) is 2.34. The molecule has 2 heterocycles. The second-order valence-electron chi connectivity index (χ2n) is 4.41. The molecule has 0 N–H and O–H groups in total. The zero-order chi connectivity index (χ0) is 13.2. The molecule has 0 atom stereocenters. The average Bonchev–Trinajstić information content (AvgIpc) is 2.47. The SMILES string of the molecule is [B]c1ccc2nc(C(=O)N3CCOCC3)cnc2c1. The highest BCUT2D eigenvalue weighted by atomic mass is 16.5. The number of carbonyl (C=O) groups excluding carboxylic acids is 1. The normalized spacial score (nSPS) is 15.7. The minimum Gasteiger partial charge on any atom is -0.378 e. The lowest BCUT2D eigenvalue weighted by molar-refractivity contribution is 0.0299. The topological polar surface area (TPSA) is 55.3 Å². The summed E-state index contributed by atoms with van der Waals surface area (Å²) in [6, 6.07) is 5.26. The average molecular weight is 253 g/mol. The number of hydrogen-bond donors (Lipinski definition) is 0. The number of hydrogen-bond acceptors (Lipinski definition) is 4. The van der Waals surface area contributed by atoms with Crippen LogP contribution >= 0.6 is 0 Å². The minimum absolute atomic E-state index is 0.102. The largest absolute Gasteiger partial charge is 0.378 e. The van der Waals surface area contributed by atoms with Crippen LogP contribution in [0.2, 0.25) is 0 Å². The fraction of sp³-hybridized carbons (Fsp3) is 0.308. The third-order valence-electron chi connectivity index (χ3n) is 3.08. The van der Waals surface area contributed by atoms with Crippen molar-refractivity contribution in [3.63, 3.8) is 0 Å². The molecular weight excluding hydrogens is 241 g/mol. The molecule has 3 rings (SSSR count). The molecule has 1 aliphatic heterocycles. The first-order valence-corrected chi connectivity index (χ1v) is 6.13. The molecule has 2 radical (unpaired) electrons. The van der Waals surface area contributed by atoms with Gasteiger partial charge in [-0.3, -0.25) is 9.78 Å². The van der Waals surface area contributed by atoms with Crippen LogP contribution in [0.25, 0.3) is 11.0 Å². The molecule has 1 aromatic carbocycles. The van der Waals surface area contributed by atoms with Crippen molar-refractivity contribution < 1.29 is 9.53 Å². The van der Waals surface area contributed by atoms with E-state index in [0.717, 1.165) is 0 Å². The molecule has 0 bridgehead atoms. The van der Waals surface area contributed by atoms with Gasteiger partial charge in [0.15, 0.2) is 0 Å². The zero-order valence-electron chi connectivity index (χ0n) is 10.4. The maximum atomic E-state index is 12.3. The van der Waals surface area contributed by atoms with Crippen molar-refractivity contribution in [1.29, 1.82) is 0 Å². The molecule has 2 aromatic rings. The van der Waals surface area contributed by atoms with E-state index in [2.05, 4.69) is 9.97 Å². The summed E-state index contributed by atoms with van der Waals surface area (Å²) in [7, 11) is 5.68.